The maximum Gasteiger partial charge on any atom is 0.239 e. The van der Waals surface area contributed by atoms with E-state index in [2.05, 4.69) is 34.3 Å². The SMILES string of the molecule is Cc1nn(C)c(C)c1C1CCCN1CC(=O)Nc1ccnn1C(C)C. The number of aryl methyl sites for hydroxylation is 2. The molecule has 1 N–H and O–H groups in total. The third-order valence-corrected chi connectivity index (χ3v) is 5.04. The van der Waals surface area contributed by atoms with Crippen molar-refractivity contribution in [1.82, 2.24) is 24.5 Å². The number of carbonyl (C=O) groups excluding carboxylic acids is 1. The minimum atomic E-state index is 0.00787. The second-order valence-electron chi connectivity index (χ2n) is 7.14. The van der Waals surface area contributed by atoms with Gasteiger partial charge in [-0.1, -0.05) is 0 Å². The zero-order valence-electron chi connectivity index (χ0n) is 15.8. The smallest absolute Gasteiger partial charge is 0.239 e. The van der Waals surface area contributed by atoms with Crippen LogP contribution in [0.5, 0.6) is 0 Å². The predicted molar refractivity (Wildman–Crippen MR) is 97.5 cm³/mol. The van der Waals surface area contributed by atoms with E-state index in [-0.39, 0.29) is 18.0 Å². The van der Waals surface area contributed by atoms with E-state index in [1.807, 2.05) is 36.3 Å². The first-order valence-corrected chi connectivity index (χ1v) is 8.96. The molecule has 0 saturated carbocycles. The first kappa shape index (κ1) is 17.7. The van der Waals surface area contributed by atoms with Crippen molar-refractivity contribution in [2.24, 2.45) is 7.05 Å². The van der Waals surface area contributed by atoms with Crippen LogP contribution in [-0.2, 0) is 11.8 Å². The molecule has 2 aromatic heterocycles. The summed E-state index contributed by atoms with van der Waals surface area (Å²) < 4.78 is 3.76. The lowest BCUT2D eigenvalue weighted by atomic mass is 10.0. The van der Waals surface area contributed by atoms with Crippen LogP contribution in [0.2, 0.25) is 0 Å². The molecular weight excluding hydrogens is 316 g/mol. The summed E-state index contributed by atoms with van der Waals surface area (Å²) >= 11 is 0. The Morgan fingerprint density at radius 3 is 2.80 bits per heavy atom. The van der Waals surface area contributed by atoms with Crippen molar-refractivity contribution in [3.63, 3.8) is 0 Å². The van der Waals surface area contributed by atoms with E-state index in [9.17, 15) is 4.79 Å². The molecule has 7 nitrogen and oxygen atoms in total. The van der Waals surface area contributed by atoms with Crippen LogP contribution in [0.3, 0.4) is 0 Å². The molecule has 2 aromatic rings. The first-order valence-electron chi connectivity index (χ1n) is 8.96. The average molecular weight is 344 g/mol. The maximum atomic E-state index is 12.6. The quantitative estimate of drug-likeness (QED) is 0.905. The molecule has 0 spiro atoms. The molecule has 0 bridgehead atoms. The molecule has 3 rings (SSSR count). The van der Waals surface area contributed by atoms with Gasteiger partial charge in [0.15, 0.2) is 0 Å². The van der Waals surface area contributed by atoms with Gasteiger partial charge in [0, 0.05) is 36.5 Å². The normalized spacial score (nSPS) is 18.2. The Balaban J connectivity index is 1.71. The molecule has 0 aromatic carbocycles. The topological polar surface area (TPSA) is 68.0 Å². The minimum absolute atomic E-state index is 0.00787. The van der Waals surface area contributed by atoms with Gasteiger partial charge in [0.05, 0.1) is 18.4 Å². The summed E-state index contributed by atoms with van der Waals surface area (Å²) in [5, 5.41) is 11.8. The molecule has 1 saturated heterocycles. The van der Waals surface area contributed by atoms with Crippen LogP contribution in [-0.4, -0.2) is 43.5 Å². The highest BCUT2D eigenvalue weighted by molar-refractivity contribution is 5.91. The van der Waals surface area contributed by atoms with Gasteiger partial charge in [0.1, 0.15) is 5.82 Å². The standard InChI is InChI=1S/C18H28N6O/c1-12(2)24-16(8-9-19-24)20-17(25)11-23-10-6-7-15(23)18-13(3)21-22(5)14(18)4/h8-9,12,15H,6-7,10-11H2,1-5H3,(H,20,25). The molecule has 7 heteroatoms. The van der Waals surface area contributed by atoms with Crippen LogP contribution in [0.25, 0.3) is 0 Å². The van der Waals surface area contributed by atoms with Crippen LogP contribution in [0.4, 0.5) is 5.82 Å². The lowest BCUT2D eigenvalue weighted by molar-refractivity contribution is -0.117. The highest BCUT2D eigenvalue weighted by atomic mass is 16.2. The van der Waals surface area contributed by atoms with Crippen LogP contribution < -0.4 is 5.32 Å². The summed E-state index contributed by atoms with van der Waals surface area (Å²) in [4.78, 5) is 14.8. The molecule has 1 unspecified atom stereocenters. The number of amides is 1. The average Bonchev–Trinajstić information content (AvgIpc) is 3.22. The second-order valence-corrected chi connectivity index (χ2v) is 7.14. The van der Waals surface area contributed by atoms with Gasteiger partial charge in [-0.25, -0.2) is 4.68 Å². The third-order valence-electron chi connectivity index (χ3n) is 5.04. The number of rotatable bonds is 5. The fourth-order valence-electron chi connectivity index (χ4n) is 3.81. The largest absolute Gasteiger partial charge is 0.310 e. The Kier molecular flexibility index (Phi) is 4.94. The monoisotopic (exact) mass is 344 g/mol. The van der Waals surface area contributed by atoms with Crippen molar-refractivity contribution in [3.8, 4) is 0 Å². The Bertz CT molecular complexity index is 760. The molecule has 1 fully saturated rings. The number of carbonyl (C=O) groups is 1. The van der Waals surface area contributed by atoms with E-state index in [0.717, 1.165) is 30.9 Å². The van der Waals surface area contributed by atoms with Crippen LogP contribution in [0, 0.1) is 13.8 Å². The van der Waals surface area contributed by atoms with Gasteiger partial charge in [0.2, 0.25) is 5.91 Å². The Morgan fingerprint density at radius 1 is 1.40 bits per heavy atom. The zero-order chi connectivity index (χ0) is 18.1. The molecule has 1 amide bonds. The van der Waals surface area contributed by atoms with Crippen LogP contribution >= 0.6 is 0 Å². The van der Waals surface area contributed by atoms with E-state index >= 15 is 0 Å². The fourth-order valence-corrected chi connectivity index (χ4v) is 3.81. The van der Waals surface area contributed by atoms with Crippen molar-refractivity contribution >= 4 is 11.7 Å². The van der Waals surface area contributed by atoms with Crippen molar-refractivity contribution in [2.75, 3.05) is 18.4 Å². The van der Waals surface area contributed by atoms with Gasteiger partial charge in [-0.15, -0.1) is 0 Å². The molecule has 25 heavy (non-hydrogen) atoms. The Labute approximate surface area is 149 Å². The number of likely N-dealkylation sites (tertiary alicyclic amines) is 1. The van der Waals surface area contributed by atoms with Gasteiger partial charge >= 0.3 is 0 Å². The van der Waals surface area contributed by atoms with Crippen molar-refractivity contribution in [3.05, 3.63) is 29.2 Å². The van der Waals surface area contributed by atoms with E-state index in [1.54, 1.807) is 6.20 Å². The second kappa shape index (κ2) is 7.00. The van der Waals surface area contributed by atoms with Crippen LogP contribution in [0.1, 0.15) is 55.7 Å². The highest BCUT2D eigenvalue weighted by Gasteiger charge is 2.31. The molecular formula is C18H28N6O. The van der Waals surface area contributed by atoms with Crippen LogP contribution in [0.15, 0.2) is 12.3 Å². The van der Waals surface area contributed by atoms with E-state index in [4.69, 9.17) is 0 Å². The summed E-state index contributed by atoms with van der Waals surface area (Å²) in [6, 6.07) is 2.33. The van der Waals surface area contributed by atoms with Gasteiger partial charge in [-0.05, 0) is 47.1 Å². The molecule has 3 heterocycles. The van der Waals surface area contributed by atoms with Gasteiger partial charge in [-0.2, -0.15) is 10.2 Å². The lowest BCUT2D eigenvalue weighted by Gasteiger charge is -2.24. The number of hydrogen-bond donors (Lipinski definition) is 1. The van der Waals surface area contributed by atoms with E-state index < -0.39 is 0 Å². The summed E-state index contributed by atoms with van der Waals surface area (Å²) in [5.74, 6) is 0.762. The molecule has 1 aliphatic heterocycles. The van der Waals surface area contributed by atoms with Crippen molar-refractivity contribution in [2.45, 2.75) is 52.6 Å². The molecule has 136 valence electrons. The minimum Gasteiger partial charge on any atom is -0.310 e. The van der Waals surface area contributed by atoms with Crippen molar-refractivity contribution < 1.29 is 4.79 Å². The van der Waals surface area contributed by atoms with Crippen molar-refractivity contribution in [1.29, 1.82) is 0 Å². The maximum absolute atomic E-state index is 12.6. The van der Waals surface area contributed by atoms with Gasteiger partial charge in [-0.3, -0.25) is 14.4 Å². The number of hydrogen-bond acceptors (Lipinski definition) is 4. The Morgan fingerprint density at radius 2 is 2.16 bits per heavy atom. The zero-order valence-corrected chi connectivity index (χ0v) is 15.8. The summed E-state index contributed by atoms with van der Waals surface area (Å²) in [5.41, 5.74) is 3.53. The van der Waals surface area contributed by atoms with E-state index in [0.29, 0.717) is 6.54 Å². The predicted octanol–water partition coefficient (Wildman–Crippen LogP) is 2.59. The van der Waals surface area contributed by atoms with Gasteiger partial charge < -0.3 is 5.32 Å². The number of anilines is 1. The molecule has 1 atom stereocenters. The molecule has 1 aliphatic rings. The highest BCUT2D eigenvalue weighted by Crippen LogP contribution is 2.35. The third kappa shape index (κ3) is 3.46. The number of nitrogens with one attached hydrogen (secondary N) is 1. The first-order chi connectivity index (χ1) is 11.9. The lowest BCUT2D eigenvalue weighted by Crippen LogP contribution is -2.33. The Hall–Kier alpha value is -2.15. The summed E-state index contributed by atoms with van der Waals surface area (Å²) in [7, 11) is 1.98. The fraction of sp³-hybridized carbons (Fsp3) is 0.611. The number of nitrogens with zero attached hydrogens (tertiary/aromatic N) is 5. The molecule has 0 aliphatic carbocycles. The van der Waals surface area contributed by atoms with E-state index in [1.165, 1.54) is 11.3 Å². The summed E-state index contributed by atoms with van der Waals surface area (Å²) in [6.45, 7) is 9.59. The molecule has 0 radical (unpaired) electrons. The number of aromatic nitrogens is 4. The summed E-state index contributed by atoms with van der Waals surface area (Å²) in [6.07, 6.45) is 3.90. The van der Waals surface area contributed by atoms with Gasteiger partial charge in [0.25, 0.3) is 0 Å².